The second-order valence-corrected chi connectivity index (χ2v) is 5.23. The molecule has 2 N–H and O–H groups in total. The van der Waals surface area contributed by atoms with Crippen LogP contribution in [0, 0.1) is 0 Å². The predicted molar refractivity (Wildman–Crippen MR) is 77.9 cm³/mol. The number of nitrogens with zero attached hydrogens (tertiary/aromatic N) is 2. The van der Waals surface area contributed by atoms with Crippen LogP contribution in [0.1, 0.15) is 36.8 Å². The minimum atomic E-state index is 0.529. The molecule has 0 aliphatic carbocycles. The molecule has 0 fully saturated rings. The monoisotopic (exact) mass is 255 g/mol. The number of hydrogen-bond donors (Lipinski definition) is 1. The molecule has 0 radical (unpaired) electrons. The number of aromatic nitrogens is 2. The Morgan fingerprint density at radius 2 is 2.05 bits per heavy atom. The number of hydrogen-bond acceptors (Lipinski definition) is 2. The third-order valence-corrected chi connectivity index (χ3v) is 3.90. The van der Waals surface area contributed by atoms with Crippen LogP contribution in [0.25, 0.3) is 11.3 Å². The molecule has 19 heavy (non-hydrogen) atoms. The van der Waals surface area contributed by atoms with Gasteiger partial charge in [-0.1, -0.05) is 37.6 Å². The molecule has 0 saturated heterocycles. The molecule has 0 unspecified atom stereocenters. The Bertz CT molecular complexity index is 566. The van der Waals surface area contributed by atoms with Crippen molar-refractivity contribution in [3.05, 3.63) is 41.3 Å². The van der Waals surface area contributed by atoms with Crippen molar-refractivity contribution in [2.24, 2.45) is 5.73 Å². The Hall–Kier alpha value is -1.61. The van der Waals surface area contributed by atoms with Gasteiger partial charge in [-0.15, -0.1) is 0 Å². The Kier molecular flexibility index (Phi) is 3.38. The fourth-order valence-electron chi connectivity index (χ4n) is 2.96. The minimum Gasteiger partial charge on any atom is -0.330 e. The van der Waals surface area contributed by atoms with Gasteiger partial charge < -0.3 is 10.3 Å². The normalized spacial score (nSPS) is 13.8. The maximum absolute atomic E-state index is 5.79. The highest BCUT2D eigenvalue weighted by molar-refractivity contribution is 5.63. The van der Waals surface area contributed by atoms with E-state index in [9.17, 15) is 0 Å². The maximum Gasteiger partial charge on any atom is 0.123 e. The molecule has 2 aromatic rings. The largest absolute Gasteiger partial charge is 0.330 e. The second-order valence-electron chi connectivity index (χ2n) is 5.23. The van der Waals surface area contributed by atoms with Crippen molar-refractivity contribution in [1.82, 2.24) is 9.55 Å². The summed E-state index contributed by atoms with van der Waals surface area (Å²) in [6.07, 6.45) is 4.68. The van der Waals surface area contributed by atoms with Gasteiger partial charge in [0.2, 0.25) is 0 Å². The number of benzene rings is 1. The molecule has 1 aromatic carbocycles. The maximum atomic E-state index is 5.79. The van der Waals surface area contributed by atoms with E-state index in [1.54, 1.807) is 0 Å². The van der Waals surface area contributed by atoms with Crippen LogP contribution in [0.2, 0.25) is 0 Å². The zero-order chi connectivity index (χ0) is 13.2. The quantitative estimate of drug-likeness (QED) is 0.913. The van der Waals surface area contributed by atoms with Gasteiger partial charge in [-0.05, 0) is 24.8 Å². The highest BCUT2D eigenvalue weighted by Gasteiger charge is 2.21. The molecule has 100 valence electrons. The van der Waals surface area contributed by atoms with Crippen molar-refractivity contribution in [3.63, 3.8) is 0 Å². The summed E-state index contributed by atoms with van der Waals surface area (Å²) >= 11 is 0. The summed E-state index contributed by atoms with van der Waals surface area (Å²) in [5.74, 6) is 1.03. The van der Waals surface area contributed by atoms with E-state index in [1.807, 2.05) is 0 Å². The first-order chi connectivity index (χ1) is 9.33. The molecule has 1 aliphatic rings. The molecule has 0 amide bonds. The van der Waals surface area contributed by atoms with Gasteiger partial charge in [-0.2, -0.15) is 0 Å². The third kappa shape index (κ3) is 2.19. The Labute approximate surface area is 114 Å². The zero-order valence-corrected chi connectivity index (χ0v) is 11.5. The molecule has 2 heterocycles. The number of fused-ring (bicyclic) bond motifs is 1. The zero-order valence-electron chi connectivity index (χ0n) is 11.5. The van der Waals surface area contributed by atoms with Crippen LogP contribution in [-0.4, -0.2) is 9.55 Å². The summed E-state index contributed by atoms with van der Waals surface area (Å²) in [5.41, 5.74) is 10.9. The highest BCUT2D eigenvalue weighted by atomic mass is 15.1. The van der Waals surface area contributed by atoms with Crippen molar-refractivity contribution in [3.8, 4) is 11.3 Å². The first-order valence-corrected chi connectivity index (χ1v) is 7.21. The van der Waals surface area contributed by atoms with Crippen LogP contribution in [0.15, 0.2) is 24.3 Å². The van der Waals surface area contributed by atoms with E-state index in [0.29, 0.717) is 6.54 Å². The Morgan fingerprint density at radius 3 is 2.74 bits per heavy atom. The molecular formula is C16H21N3. The van der Waals surface area contributed by atoms with E-state index in [-0.39, 0.29) is 0 Å². The fraction of sp³-hybridized carbons (Fsp3) is 0.438. The molecule has 1 aromatic heterocycles. The fourth-order valence-corrected chi connectivity index (χ4v) is 2.96. The molecule has 3 heteroatoms. The highest BCUT2D eigenvalue weighted by Crippen LogP contribution is 2.29. The van der Waals surface area contributed by atoms with Gasteiger partial charge in [0.15, 0.2) is 0 Å². The number of rotatable bonds is 4. The Morgan fingerprint density at radius 1 is 1.26 bits per heavy atom. The van der Waals surface area contributed by atoms with Crippen LogP contribution in [0.5, 0.6) is 0 Å². The summed E-state index contributed by atoms with van der Waals surface area (Å²) in [4.78, 5) is 4.73. The van der Waals surface area contributed by atoms with Crippen LogP contribution in [-0.2, 0) is 25.9 Å². The predicted octanol–water partition coefficient (Wildman–Crippen LogP) is 2.91. The molecule has 0 atom stereocenters. The SMILES string of the molecule is CCCc1ccc(-c2nc(CN)n3c2CCC3)cc1. The van der Waals surface area contributed by atoms with Gasteiger partial charge in [0.05, 0.1) is 12.2 Å². The smallest absolute Gasteiger partial charge is 0.123 e. The summed E-state index contributed by atoms with van der Waals surface area (Å²) in [6, 6.07) is 8.85. The van der Waals surface area contributed by atoms with Gasteiger partial charge in [0, 0.05) is 17.8 Å². The van der Waals surface area contributed by atoms with Crippen molar-refractivity contribution >= 4 is 0 Å². The molecule has 3 rings (SSSR count). The van der Waals surface area contributed by atoms with Crippen molar-refractivity contribution in [2.45, 2.75) is 45.7 Å². The first-order valence-electron chi connectivity index (χ1n) is 7.21. The molecule has 0 bridgehead atoms. The molecular weight excluding hydrogens is 234 g/mol. The number of aryl methyl sites for hydroxylation is 1. The number of imidazole rings is 1. The molecule has 3 nitrogen and oxygen atoms in total. The van der Waals surface area contributed by atoms with E-state index < -0.39 is 0 Å². The average Bonchev–Trinajstić information content (AvgIpc) is 3.02. The topological polar surface area (TPSA) is 43.8 Å². The van der Waals surface area contributed by atoms with Crippen molar-refractivity contribution in [2.75, 3.05) is 0 Å². The van der Waals surface area contributed by atoms with Crippen LogP contribution < -0.4 is 5.73 Å². The van der Waals surface area contributed by atoms with E-state index in [1.165, 1.54) is 29.7 Å². The number of nitrogens with two attached hydrogens (primary N) is 1. The Balaban J connectivity index is 1.98. The lowest BCUT2D eigenvalue weighted by Gasteiger charge is -2.03. The second kappa shape index (κ2) is 5.17. The summed E-state index contributed by atoms with van der Waals surface area (Å²) in [7, 11) is 0. The van der Waals surface area contributed by atoms with Gasteiger partial charge in [0.1, 0.15) is 5.82 Å². The summed E-state index contributed by atoms with van der Waals surface area (Å²) < 4.78 is 2.30. The standard InChI is InChI=1S/C16H21N3/c1-2-4-12-6-8-13(9-7-12)16-14-5-3-10-19(14)15(11-17)18-16/h6-9H,2-5,10-11,17H2,1H3. The van der Waals surface area contributed by atoms with E-state index in [4.69, 9.17) is 10.7 Å². The van der Waals surface area contributed by atoms with Crippen molar-refractivity contribution < 1.29 is 0 Å². The van der Waals surface area contributed by atoms with Crippen LogP contribution in [0.3, 0.4) is 0 Å². The van der Waals surface area contributed by atoms with Gasteiger partial charge >= 0.3 is 0 Å². The average molecular weight is 255 g/mol. The van der Waals surface area contributed by atoms with E-state index in [0.717, 1.165) is 30.9 Å². The molecule has 0 saturated carbocycles. The van der Waals surface area contributed by atoms with Crippen LogP contribution in [0.4, 0.5) is 0 Å². The lowest BCUT2D eigenvalue weighted by molar-refractivity contribution is 0.689. The van der Waals surface area contributed by atoms with E-state index in [2.05, 4.69) is 35.8 Å². The molecule has 1 aliphatic heterocycles. The van der Waals surface area contributed by atoms with Gasteiger partial charge in [-0.3, -0.25) is 0 Å². The minimum absolute atomic E-state index is 0.529. The summed E-state index contributed by atoms with van der Waals surface area (Å²) in [5, 5.41) is 0. The van der Waals surface area contributed by atoms with Gasteiger partial charge in [-0.25, -0.2) is 4.98 Å². The lowest BCUT2D eigenvalue weighted by atomic mass is 10.0. The molecule has 0 spiro atoms. The third-order valence-electron chi connectivity index (χ3n) is 3.90. The lowest BCUT2D eigenvalue weighted by Crippen LogP contribution is -2.06. The van der Waals surface area contributed by atoms with Gasteiger partial charge in [0.25, 0.3) is 0 Å². The van der Waals surface area contributed by atoms with Crippen molar-refractivity contribution in [1.29, 1.82) is 0 Å². The van der Waals surface area contributed by atoms with Crippen LogP contribution >= 0.6 is 0 Å². The van der Waals surface area contributed by atoms with E-state index >= 15 is 0 Å². The summed E-state index contributed by atoms with van der Waals surface area (Å²) in [6.45, 7) is 3.81. The first kappa shape index (κ1) is 12.4.